The van der Waals surface area contributed by atoms with Crippen molar-refractivity contribution < 1.29 is 14.0 Å². The molecule has 2 aromatic rings. The van der Waals surface area contributed by atoms with E-state index in [2.05, 4.69) is 76.3 Å². The van der Waals surface area contributed by atoms with Gasteiger partial charge in [0.1, 0.15) is 5.41 Å². The average Bonchev–Trinajstić information content (AvgIpc) is 3.12. The number of hydrogen-bond acceptors (Lipinski definition) is 3. The Morgan fingerprint density at radius 1 is 1.04 bits per heavy atom. The van der Waals surface area contributed by atoms with Crippen molar-refractivity contribution in [3.8, 4) is 0 Å². The molecule has 0 amide bonds. The molecule has 0 saturated heterocycles. The first-order chi connectivity index (χ1) is 13.1. The molecule has 0 heterocycles. The lowest BCUT2D eigenvalue weighted by Crippen LogP contribution is -2.44. The summed E-state index contributed by atoms with van der Waals surface area (Å²) in [5.74, 6) is -0.190. The Hall–Kier alpha value is -1.91. The summed E-state index contributed by atoms with van der Waals surface area (Å²) >= 11 is 0. The fraction of sp³-hybridized carbons (Fsp3) is 0.458. The lowest BCUT2D eigenvalue weighted by atomic mass is 9.75. The number of carbonyl (C=O) groups is 1. The van der Waals surface area contributed by atoms with Crippen molar-refractivity contribution in [2.24, 2.45) is 0 Å². The van der Waals surface area contributed by atoms with Gasteiger partial charge in [-0.15, -0.1) is 0 Å². The van der Waals surface area contributed by atoms with Crippen molar-refractivity contribution in [3.63, 3.8) is 0 Å². The average molecular weight is 395 g/mol. The molecule has 148 valence electrons. The molecule has 0 radical (unpaired) electrons. The third-order valence-corrected chi connectivity index (χ3v) is 11.7. The van der Waals surface area contributed by atoms with E-state index in [0.29, 0.717) is 6.42 Å². The van der Waals surface area contributed by atoms with Crippen molar-refractivity contribution in [3.05, 3.63) is 70.8 Å². The Morgan fingerprint density at radius 2 is 1.64 bits per heavy atom. The van der Waals surface area contributed by atoms with E-state index in [-0.39, 0.29) is 23.0 Å². The summed E-state index contributed by atoms with van der Waals surface area (Å²) in [4.78, 5) is 13.3. The van der Waals surface area contributed by atoms with Crippen molar-refractivity contribution in [1.82, 2.24) is 0 Å². The second-order valence-electron chi connectivity index (χ2n) is 9.70. The molecule has 0 N–H and O–H groups in total. The fourth-order valence-electron chi connectivity index (χ4n) is 4.81. The minimum atomic E-state index is -2.05. The van der Waals surface area contributed by atoms with Crippen LogP contribution in [-0.4, -0.2) is 21.4 Å². The van der Waals surface area contributed by atoms with Gasteiger partial charge in [-0.05, 0) is 46.8 Å². The quantitative estimate of drug-likeness (QED) is 0.508. The normalized spacial score (nSPS) is 25.8. The van der Waals surface area contributed by atoms with E-state index in [4.69, 9.17) is 9.16 Å². The fourth-order valence-corrected chi connectivity index (χ4v) is 6.06. The molecule has 3 nitrogen and oxygen atoms in total. The number of fused-ring (bicyclic) bond motifs is 5. The third-order valence-electron chi connectivity index (χ3n) is 7.22. The Labute approximate surface area is 169 Å². The Kier molecular flexibility index (Phi) is 4.36. The second-order valence-corrected chi connectivity index (χ2v) is 14.5. The SMILES string of the molecule is COC(=O)[C@@]12Cc3ccccc3[C@@H]1[C@@H](O[Si](C)(C)C(C)(C)C)c1ccccc12. The van der Waals surface area contributed by atoms with Gasteiger partial charge in [0.25, 0.3) is 0 Å². The molecule has 3 atom stereocenters. The molecule has 0 bridgehead atoms. The van der Waals surface area contributed by atoms with Crippen molar-refractivity contribution in [2.75, 3.05) is 7.11 Å². The van der Waals surface area contributed by atoms with Crippen LogP contribution in [0, 0.1) is 0 Å². The van der Waals surface area contributed by atoms with Gasteiger partial charge < -0.3 is 9.16 Å². The maximum atomic E-state index is 13.3. The highest BCUT2D eigenvalue weighted by atomic mass is 28.4. The molecule has 4 rings (SSSR count). The van der Waals surface area contributed by atoms with Crippen molar-refractivity contribution in [2.45, 2.75) is 62.8 Å². The summed E-state index contributed by atoms with van der Waals surface area (Å²) in [7, 11) is -0.548. The lowest BCUT2D eigenvalue weighted by molar-refractivity contribution is -0.148. The number of benzene rings is 2. The zero-order chi connectivity index (χ0) is 20.3. The van der Waals surface area contributed by atoms with Crippen LogP contribution in [0.4, 0.5) is 0 Å². The summed E-state index contributed by atoms with van der Waals surface area (Å²) in [5, 5.41) is 0.0938. The van der Waals surface area contributed by atoms with Gasteiger partial charge in [0.05, 0.1) is 13.2 Å². The van der Waals surface area contributed by atoms with Crippen molar-refractivity contribution in [1.29, 1.82) is 0 Å². The highest BCUT2D eigenvalue weighted by Gasteiger charge is 2.63. The number of ether oxygens (including phenoxy) is 1. The summed E-state index contributed by atoms with van der Waals surface area (Å²) in [6.45, 7) is 11.4. The van der Waals surface area contributed by atoms with Crippen LogP contribution in [0.2, 0.25) is 18.1 Å². The van der Waals surface area contributed by atoms with Crippen LogP contribution in [-0.2, 0) is 25.8 Å². The number of methoxy groups -OCH3 is 1. The van der Waals surface area contributed by atoms with Crippen molar-refractivity contribution >= 4 is 14.3 Å². The van der Waals surface area contributed by atoms with E-state index >= 15 is 0 Å². The van der Waals surface area contributed by atoms with Crippen LogP contribution in [0.15, 0.2) is 48.5 Å². The predicted molar refractivity (Wildman–Crippen MR) is 114 cm³/mol. The summed E-state index contributed by atoms with van der Waals surface area (Å²) in [5.41, 5.74) is 4.00. The van der Waals surface area contributed by atoms with E-state index in [1.54, 1.807) is 0 Å². The van der Waals surface area contributed by atoms with Gasteiger partial charge in [-0.2, -0.15) is 0 Å². The molecule has 0 saturated carbocycles. The highest BCUT2D eigenvalue weighted by Crippen LogP contribution is 2.63. The van der Waals surface area contributed by atoms with Crippen LogP contribution in [0.25, 0.3) is 0 Å². The van der Waals surface area contributed by atoms with Gasteiger partial charge in [0, 0.05) is 5.92 Å². The molecule has 0 fully saturated rings. The van der Waals surface area contributed by atoms with E-state index in [1.165, 1.54) is 18.2 Å². The minimum Gasteiger partial charge on any atom is -0.468 e. The van der Waals surface area contributed by atoms with Crippen LogP contribution in [0.5, 0.6) is 0 Å². The van der Waals surface area contributed by atoms with Crippen LogP contribution >= 0.6 is 0 Å². The van der Waals surface area contributed by atoms with Gasteiger partial charge in [-0.25, -0.2) is 0 Å². The summed E-state index contributed by atoms with van der Waals surface area (Å²) in [6.07, 6.45) is 0.550. The van der Waals surface area contributed by atoms with Gasteiger partial charge in [-0.1, -0.05) is 69.3 Å². The Morgan fingerprint density at radius 3 is 2.29 bits per heavy atom. The highest BCUT2D eigenvalue weighted by molar-refractivity contribution is 6.74. The number of hydrogen-bond donors (Lipinski definition) is 0. The van der Waals surface area contributed by atoms with Crippen LogP contribution in [0.3, 0.4) is 0 Å². The molecule has 0 aromatic heterocycles. The van der Waals surface area contributed by atoms with Gasteiger partial charge in [0.15, 0.2) is 8.32 Å². The van der Waals surface area contributed by atoms with E-state index in [0.717, 1.165) is 11.1 Å². The summed E-state index contributed by atoms with van der Waals surface area (Å²) < 4.78 is 12.4. The molecule has 2 aliphatic carbocycles. The van der Waals surface area contributed by atoms with Gasteiger partial charge >= 0.3 is 5.97 Å². The molecule has 0 spiro atoms. The topological polar surface area (TPSA) is 35.5 Å². The van der Waals surface area contributed by atoms with Gasteiger partial charge in [0.2, 0.25) is 0 Å². The molecular formula is C24H30O3Si. The first-order valence-electron chi connectivity index (χ1n) is 10.1. The number of carbonyl (C=O) groups excluding carboxylic acids is 1. The van der Waals surface area contributed by atoms with Crippen LogP contribution < -0.4 is 0 Å². The lowest BCUT2D eigenvalue weighted by Gasteiger charge is -2.41. The monoisotopic (exact) mass is 394 g/mol. The van der Waals surface area contributed by atoms with Gasteiger partial charge in [-0.3, -0.25) is 4.79 Å². The molecule has 0 unspecified atom stereocenters. The van der Waals surface area contributed by atoms with E-state index in [9.17, 15) is 4.79 Å². The molecule has 4 heteroatoms. The molecular weight excluding hydrogens is 364 g/mol. The third kappa shape index (κ3) is 2.54. The molecule has 2 aromatic carbocycles. The van der Waals surface area contributed by atoms with Crippen LogP contribution in [0.1, 0.15) is 55.0 Å². The Bertz CT molecular complexity index is 927. The first kappa shape index (κ1) is 19.4. The zero-order valence-electron chi connectivity index (χ0n) is 17.7. The van der Waals surface area contributed by atoms with E-state index < -0.39 is 13.7 Å². The first-order valence-corrected chi connectivity index (χ1v) is 13.0. The Balaban J connectivity index is 1.93. The predicted octanol–water partition coefficient (Wildman–Crippen LogP) is 5.51. The zero-order valence-corrected chi connectivity index (χ0v) is 18.7. The molecule has 2 aliphatic rings. The largest absolute Gasteiger partial charge is 0.468 e. The molecule has 28 heavy (non-hydrogen) atoms. The van der Waals surface area contributed by atoms with E-state index in [1.807, 2.05) is 6.07 Å². The number of rotatable bonds is 3. The second kappa shape index (κ2) is 6.29. The summed E-state index contributed by atoms with van der Waals surface area (Å²) in [6, 6.07) is 16.7. The maximum Gasteiger partial charge on any atom is 0.317 e. The maximum absolute atomic E-state index is 13.3. The number of esters is 1. The minimum absolute atomic E-state index is 0.0392. The molecule has 0 aliphatic heterocycles. The smallest absolute Gasteiger partial charge is 0.317 e. The standard InChI is InChI=1S/C24H30O3Si/c1-23(2,3)28(5,6)27-21-18-13-9-10-14-19(18)24(22(25)26-4)15-16-11-7-8-12-17(16)20(21)24/h7-14,20-21H,15H2,1-6H3/t20-,21+,24-/m1/s1.